The van der Waals surface area contributed by atoms with Crippen LogP contribution in [0.3, 0.4) is 0 Å². The van der Waals surface area contributed by atoms with Gasteiger partial charge < -0.3 is 0 Å². The van der Waals surface area contributed by atoms with Crippen molar-refractivity contribution >= 4 is 10.8 Å². The summed E-state index contributed by atoms with van der Waals surface area (Å²) in [6, 6.07) is 32.9. The normalized spacial score (nSPS) is 12.0. The predicted octanol–water partition coefficient (Wildman–Crippen LogP) is 3.19. The van der Waals surface area contributed by atoms with Crippen molar-refractivity contribution in [3.8, 4) is 0 Å². The summed E-state index contributed by atoms with van der Waals surface area (Å²) in [6.07, 6.45) is 1.58. The van der Waals surface area contributed by atoms with Gasteiger partial charge in [0.1, 0.15) is 0 Å². The van der Waals surface area contributed by atoms with E-state index in [1.54, 1.807) is 7.05 Å². The molecule has 0 radical (unpaired) electrons. The Balaban J connectivity index is 0.00000462. The summed E-state index contributed by atoms with van der Waals surface area (Å²) in [6.45, 7) is 0.732. The summed E-state index contributed by atoms with van der Waals surface area (Å²) in [5, 5.41) is 16.2. The third-order valence-electron chi connectivity index (χ3n) is 7.19. The summed E-state index contributed by atoms with van der Waals surface area (Å²) in [4.78, 5) is 35.8. The van der Waals surface area contributed by atoms with E-state index in [4.69, 9.17) is 0 Å². The van der Waals surface area contributed by atoms with E-state index >= 15 is 0 Å². The van der Waals surface area contributed by atoms with Crippen LogP contribution in [0.15, 0.2) is 119 Å². The molecule has 10 heteroatoms. The zero-order chi connectivity index (χ0) is 28.2. The van der Waals surface area contributed by atoms with Crippen LogP contribution in [-0.4, -0.2) is 53.8 Å². The van der Waals surface area contributed by atoms with E-state index in [0.29, 0.717) is 25.8 Å². The van der Waals surface area contributed by atoms with Crippen molar-refractivity contribution in [2.24, 2.45) is 15.9 Å². The molecular formula is C31H34N6NaO3+. The summed E-state index contributed by atoms with van der Waals surface area (Å²) < 4.78 is 0. The van der Waals surface area contributed by atoms with Crippen molar-refractivity contribution < 1.29 is 29.6 Å². The zero-order valence-electron chi connectivity index (χ0n) is 23.6. The van der Waals surface area contributed by atoms with Gasteiger partial charge in [-0.05, 0) is 46.7 Å². The summed E-state index contributed by atoms with van der Waals surface area (Å²) in [5.74, 6) is 0. The van der Waals surface area contributed by atoms with E-state index in [-0.39, 0.29) is 42.6 Å². The fourth-order valence-corrected chi connectivity index (χ4v) is 5.12. The fourth-order valence-electron chi connectivity index (χ4n) is 5.12. The number of likely N-dealkylation sites (N-methyl/N-ethyl adjacent to an activating group) is 1. The number of nitroso groups, excluding NO2 is 3. The van der Waals surface area contributed by atoms with Crippen LogP contribution in [0.5, 0.6) is 0 Å². The molecule has 206 valence electrons. The second kappa shape index (κ2) is 16.6. The largest absolute Gasteiger partial charge is 1.00 e. The molecule has 0 aliphatic heterocycles. The van der Waals surface area contributed by atoms with Gasteiger partial charge in [-0.2, -0.15) is 0 Å². The third kappa shape index (κ3) is 9.18. The van der Waals surface area contributed by atoms with Crippen LogP contribution in [0.2, 0.25) is 0 Å². The van der Waals surface area contributed by atoms with Crippen LogP contribution >= 0.6 is 0 Å². The monoisotopic (exact) mass is 561 g/mol. The summed E-state index contributed by atoms with van der Waals surface area (Å²) >= 11 is 0. The van der Waals surface area contributed by atoms with Crippen LogP contribution in [0.25, 0.3) is 10.8 Å². The first-order valence-corrected chi connectivity index (χ1v) is 13.4. The summed E-state index contributed by atoms with van der Waals surface area (Å²) in [7, 11) is 1.57. The SMILES string of the molecule is CN(CC(Cc1ccccc1)N(CC(Cc1cccc2ccccc12)N(CCc1ccccc1)N=O)N=O)N=O.[Na+]. The first kappa shape index (κ1) is 31.9. The van der Waals surface area contributed by atoms with Gasteiger partial charge in [-0.15, -0.1) is 14.7 Å². The summed E-state index contributed by atoms with van der Waals surface area (Å²) in [5.41, 5.74) is 3.14. The van der Waals surface area contributed by atoms with Crippen molar-refractivity contribution in [1.82, 2.24) is 15.0 Å². The molecule has 4 aromatic carbocycles. The molecule has 0 saturated heterocycles. The quantitative estimate of drug-likeness (QED) is 0.118. The average Bonchev–Trinajstić information content (AvgIpc) is 3.00. The number of fused-ring (bicyclic) bond motifs is 1. The van der Waals surface area contributed by atoms with Crippen molar-refractivity contribution in [3.05, 3.63) is 135 Å². The molecule has 0 amide bonds. The molecule has 2 unspecified atom stereocenters. The topological polar surface area (TPSA) is 98.0 Å². The van der Waals surface area contributed by atoms with Crippen molar-refractivity contribution in [3.63, 3.8) is 0 Å². The first-order chi connectivity index (χ1) is 19.6. The Hall–Kier alpha value is -3.66. The van der Waals surface area contributed by atoms with E-state index in [9.17, 15) is 14.7 Å². The molecule has 0 heterocycles. The molecule has 0 fully saturated rings. The van der Waals surface area contributed by atoms with E-state index in [0.717, 1.165) is 27.5 Å². The Bertz CT molecular complexity index is 1370. The molecule has 0 aromatic heterocycles. The maximum Gasteiger partial charge on any atom is 1.00 e. The predicted molar refractivity (Wildman–Crippen MR) is 159 cm³/mol. The maximum atomic E-state index is 12.3. The van der Waals surface area contributed by atoms with E-state index in [1.165, 1.54) is 15.0 Å². The Morgan fingerprint density at radius 2 is 1.20 bits per heavy atom. The van der Waals surface area contributed by atoms with Gasteiger partial charge in [0.05, 0.1) is 41.0 Å². The Morgan fingerprint density at radius 3 is 1.85 bits per heavy atom. The Kier molecular flexibility index (Phi) is 12.9. The molecular weight excluding hydrogens is 527 g/mol. The molecule has 0 N–H and O–H groups in total. The fraction of sp³-hybridized carbons (Fsp3) is 0.290. The maximum absolute atomic E-state index is 12.3. The van der Waals surface area contributed by atoms with Crippen LogP contribution < -0.4 is 29.6 Å². The van der Waals surface area contributed by atoms with Crippen molar-refractivity contribution in [2.45, 2.75) is 31.3 Å². The van der Waals surface area contributed by atoms with Crippen LogP contribution in [0.4, 0.5) is 0 Å². The Labute approximate surface area is 262 Å². The molecule has 41 heavy (non-hydrogen) atoms. The molecule has 0 spiro atoms. The van der Waals surface area contributed by atoms with E-state index in [1.807, 2.05) is 84.9 Å². The second-order valence-corrected chi connectivity index (χ2v) is 9.95. The second-order valence-electron chi connectivity index (χ2n) is 9.95. The van der Waals surface area contributed by atoms with Gasteiger partial charge in [-0.1, -0.05) is 103 Å². The Morgan fingerprint density at radius 1 is 0.610 bits per heavy atom. The number of nitrogens with zero attached hydrogens (tertiary/aromatic N) is 6. The number of rotatable bonds is 16. The van der Waals surface area contributed by atoms with Crippen molar-refractivity contribution in [2.75, 3.05) is 26.7 Å². The van der Waals surface area contributed by atoms with Crippen LogP contribution in [-0.2, 0) is 19.3 Å². The first-order valence-electron chi connectivity index (χ1n) is 13.4. The number of benzene rings is 4. The van der Waals surface area contributed by atoms with E-state index in [2.05, 4.69) is 34.1 Å². The van der Waals surface area contributed by atoms with Gasteiger partial charge in [0.2, 0.25) is 0 Å². The van der Waals surface area contributed by atoms with Crippen LogP contribution in [0, 0.1) is 14.7 Å². The minimum atomic E-state index is -0.447. The molecule has 4 rings (SSSR count). The smallest absolute Gasteiger partial charge is 0.262 e. The minimum absolute atomic E-state index is 0. The van der Waals surface area contributed by atoms with E-state index < -0.39 is 12.1 Å². The third-order valence-corrected chi connectivity index (χ3v) is 7.19. The van der Waals surface area contributed by atoms with Gasteiger partial charge in [-0.3, -0.25) is 15.0 Å². The van der Waals surface area contributed by atoms with Gasteiger partial charge in [0.15, 0.2) is 0 Å². The molecule has 0 aliphatic carbocycles. The number of hydrogen-bond acceptors (Lipinski definition) is 6. The molecule has 2 atom stereocenters. The van der Waals surface area contributed by atoms with Gasteiger partial charge >= 0.3 is 29.6 Å². The molecule has 9 nitrogen and oxygen atoms in total. The standard InChI is InChI=1S/C31H34N6O3.Na/c1-35(32-38)23-29(21-26-13-6-3-7-14-26)37(34-40)24-30(36(33-39)20-19-25-11-4-2-5-12-25)22-28-17-10-16-27-15-8-9-18-31(27)28;/h2-18,29-30H,19-24H2,1H3;/q;+1. The molecule has 0 bridgehead atoms. The molecule has 4 aromatic rings. The zero-order valence-corrected chi connectivity index (χ0v) is 25.6. The molecule has 0 saturated carbocycles. The molecule has 0 aliphatic rings. The average molecular weight is 562 g/mol. The minimum Gasteiger partial charge on any atom is -0.262 e. The van der Waals surface area contributed by atoms with Gasteiger partial charge in [0, 0.05) is 13.6 Å². The van der Waals surface area contributed by atoms with Gasteiger partial charge in [0.25, 0.3) is 0 Å². The van der Waals surface area contributed by atoms with Crippen LogP contribution in [0.1, 0.15) is 16.7 Å². The number of hydrogen-bond donors (Lipinski definition) is 0. The van der Waals surface area contributed by atoms with Crippen molar-refractivity contribution in [1.29, 1.82) is 0 Å². The van der Waals surface area contributed by atoms with Gasteiger partial charge in [-0.25, -0.2) is 0 Å².